The molecule has 0 aromatic carbocycles. The standard InChI is InChI=1S/C14H16N4O5/c1-3-4-9(13(21)22)16-11(19)7-5-8-10(15-6-7)18(2)14(23)17-12(8)20/h5-6,9H,3-4H2,1-2H3,(H,16,19)(H,21,22)(H,17,20,23). The minimum Gasteiger partial charge on any atom is -0.480 e. The summed E-state index contributed by atoms with van der Waals surface area (Å²) in [6, 6.07) is 0.266. The number of carbonyl (C=O) groups excluding carboxylic acids is 1. The monoisotopic (exact) mass is 320 g/mol. The van der Waals surface area contributed by atoms with Crippen molar-refractivity contribution in [2.45, 2.75) is 25.8 Å². The summed E-state index contributed by atoms with van der Waals surface area (Å²) in [5.74, 6) is -1.78. The second-order valence-electron chi connectivity index (χ2n) is 5.07. The fraction of sp³-hybridized carbons (Fsp3) is 0.357. The zero-order chi connectivity index (χ0) is 17.1. The van der Waals surface area contributed by atoms with Gasteiger partial charge in [0.05, 0.1) is 10.9 Å². The lowest BCUT2D eigenvalue weighted by atomic mass is 10.1. The number of hydrogen-bond donors (Lipinski definition) is 3. The van der Waals surface area contributed by atoms with Crippen LogP contribution in [-0.4, -0.2) is 37.6 Å². The number of aromatic nitrogens is 3. The number of nitrogens with one attached hydrogen (secondary N) is 2. The Balaban J connectivity index is 2.41. The van der Waals surface area contributed by atoms with Crippen molar-refractivity contribution in [1.82, 2.24) is 19.9 Å². The van der Waals surface area contributed by atoms with E-state index in [1.54, 1.807) is 6.92 Å². The van der Waals surface area contributed by atoms with Crippen molar-refractivity contribution in [3.63, 3.8) is 0 Å². The lowest BCUT2D eigenvalue weighted by molar-refractivity contribution is -0.139. The number of carbonyl (C=O) groups is 2. The van der Waals surface area contributed by atoms with Crippen molar-refractivity contribution in [1.29, 1.82) is 0 Å². The molecule has 0 radical (unpaired) electrons. The van der Waals surface area contributed by atoms with Gasteiger partial charge in [0, 0.05) is 13.2 Å². The molecule has 9 heteroatoms. The van der Waals surface area contributed by atoms with Gasteiger partial charge in [-0.3, -0.25) is 19.1 Å². The number of fused-ring (bicyclic) bond motifs is 1. The molecule has 2 rings (SSSR count). The van der Waals surface area contributed by atoms with E-state index in [-0.39, 0.29) is 23.0 Å². The molecule has 1 atom stereocenters. The molecule has 2 aromatic rings. The zero-order valence-electron chi connectivity index (χ0n) is 12.6. The summed E-state index contributed by atoms with van der Waals surface area (Å²) in [7, 11) is 1.44. The molecule has 0 aliphatic carbocycles. The van der Waals surface area contributed by atoms with Gasteiger partial charge in [0.15, 0.2) is 0 Å². The molecule has 0 bridgehead atoms. The van der Waals surface area contributed by atoms with Crippen LogP contribution in [0.4, 0.5) is 0 Å². The number of aryl methyl sites for hydroxylation is 1. The van der Waals surface area contributed by atoms with Crippen LogP contribution in [0.15, 0.2) is 21.9 Å². The van der Waals surface area contributed by atoms with E-state index in [1.165, 1.54) is 19.3 Å². The van der Waals surface area contributed by atoms with E-state index in [9.17, 15) is 19.2 Å². The molecule has 1 unspecified atom stereocenters. The molecule has 1 amide bonds. The molecule has 122 valence electrons. The third-order valence-electron chi connectivity index (χ3n) is 3.40. The van der Waals surface area contributed by atoms with Crippen LogP contribution in [0.2, 0.25) is 0 Å². The highest BCUT2D eigenvalue weighted by atomic mass is 16.4. The summed E-state index contributed by atoms with van der Waals surface area (Å²) in [5.41, 5.74) is -1.09. The number of pyridine rings is 1. The first-order chi connectivity index (χ1) is 10.8. The number of amides is 1. The smallest absolute Gasteiger partial charge is 0.329 e. The number of carboxylic acid groups (broad SMARTS) is 1. The lowest BCUT2D eigenvalue weighted by Crippen LogP contribution is -2.40. The van der Waals surface area contributed by atoms with Crippen LogP contribution in [0.5, 0.6) is 0 Å². The first-order valence-corrected chi connectivity index (χ1v) is 6.98. The normalized spacial score (nSPS) is 12.1. The lowest BCUT2D eigenvalue weighted by Gasteiger charge is -2.13. The Morgan fingerprint density at radius 1 is 1.43 bits per heavy atom. The maximum atomic E-state index is 12.1. The minimum absolute atomic E-state index is 0.0454. The van der Waals surface area contributed by atoms with Crippen LogP contribution in [0.3, 0.4) is 0 Å². The van der Waals surface area contributed by atoms with Gasteiger partial charge in [-0.1, -0.05) is 13.3 Å². The van der Waals surface area contributed by atoms with Crippen LogP contribution in [0, 0.1) is 0 Å². The predicted molar refractivity (Wildman–Crippen MR) is 81.4 cm³/mol. The maximum absolute atomic E-state index is 12.1. The van der Waals surface area contributed by atoms with Crippen LogP contribution >= 0.6 is 0 Å². The van der Waals surface area contributed by atoms with Gasteiger partial charge in [-0.05, 0) is 12.5 Å². The van der Waals surface area contributed by atoms with Crippen molar-refractivity contribution in [2.75, 3.05) is 0 Å². The van der Waals surface area contributed by atoms with Crippen molar-refractivity contribution in [3.05, 3.63) is 38.7 Å². The number of nitrogens with zero attached hydrogens (tertiary/aromatic N) is 2. The number of aromatic amines is 1. The Bertz CT molecular complexity index is 883. The fourth-order valence-corrected chi connectivity index (χ4v) is 2.15. The highest BCUT2D eigenvalue weighted by Gasteiger charge is 2.20. The first-order valence-electron chi connectivity index (χ1n) is 6.98. The molecule has 23 heavy (non-hydrogen) atoms. The van der Waals surface area contributed by atoms with E-state index in [2.05, 4.69) is 15.3 Å². The molecule has 0 saturated heterocycles. The van der Waals surface area contributed by atoms with Crippen molar-refractivity contribution >= 4 is 22.9 Å². The molecular formula is C14H16N4O5. The van der Waals surface area contributed by atoms with E-state index in [4.69, 9.17) is 5.11 Å². The number of rotatable bonds is 5. The molecule has 0 fully saturated rings. The second kappa shape index (κ2) is 6.42. The van der Waals surface area contributed by atoms with Crippen molar-refractivity contribution < 1.29 is 14.7 Å². The fourth-order valence-electron chi connectivity index (χ4n) is 2.15. The number of hydrogen-bond acceptors (Lipinski definition) is 5. The van der Waals surface area contributed by atoms with E-state index < -0.39 is 29.2 Å². The summed E-state index contributed by atoms with van der Waals surface area (Å²) in [4.78, 5) is 52.6. The largest absolute Gasteiger partial charge is 0.480 e. The van der Waals surface area contributed by atoms with Crippen molar-refractivity contribution in [2.24, 2.45) is 7.05 Å². The predicted octanol–water partition coefficient (Wildman–Crippen LogP) is -0.395. The molecule has 0 spiro atoms. The van der Waals surface area contributed by atoms with Gasteiger partial charge < -0.3 is 10.4 Å². The van der Waals surface area contributed by atoms with E-state index >= 15 is 0 Å². The Labute approximate surface area is 130 Å². The van der Waals surface area contributed by atoms with E-state index in [1.807, 2.05) is 0 Å². The van der Waals surface area contributed by atoms with E-state index in [0.717, 1.165) is 4.57 Å². The summed E-state index contributed by atoms with van der Waals surface area (Å²) >= 11 is 0. The Morgan fingerprint density at radius 3 is 2.74 bits per heavy atom. The molecule has 2 aromatic heterocycles. The number of carboxylic acids is 1. The zero-order valence-corrected chi connectivity index (χ0v) is 12.6. The maximum Gasteiger partial charge on any atom is 0.329 e. The highest BCUT2D eigenvalue weighted by Crippen LogP contribution is 2.08. The van der Waals surface area contributed by atoms with Gasteiger partial charge in [0.1, 0.15) is 11.7 Å². The van der Waals surface area contributed by atoms with Gasteiger partial charge >= 0.3 is 11.7 Å². The Morgan fingerprint density at radius 2 is 2.13 bits per heavy atom. The average Bonchev–Trinajstić information content (AvgIpc) is 2.51. The number of H-pyrrole nitrogens is 1. The van der Waals surface area contributed by atoms with Crippen LogP contribution in [0.1, 0.15) is 30.1 Å². The number of aliphatic carboxylic acids is 1. The van der Waals surface area contributed by atoms with Crippen molar-refractivity contribution in [3.8, 4) is 0 Å². The summed E-state index contributed by atoms with van der Waals surface area (Å²) < 4.78 is 1.15. The summed E-state index contributed by atoms with van der Waals surface area (Å²) in [6.07, 6.45) is 2.08. The molecule has 0 aliphatic rings. The topological polar surface area (TPSA) is 134 Å². The Kier molecular flexibility index (Phi) is 4.58. The molecule has 9 nitrogen and oxygen atoms in total. The Hall–Kier alpha value is -2.97. The molecular weight excluding hydrogens is 304 g/mol. The van der Waals surface area contributed by atoms with Crippen LogP contribution in [-0.2, 0) is 11.8 Å². The van der Waals surface area contributed by atoms with Gasteiger partial charge in [0.25, 0.3) is 11.5 Å². The molecule has 0 aliphatic heterocycles. The average molecular weight is 320 g/mol. The van der Waals surface area contributed by atoms with Gasteiger partial charge in [-0.15, -0.1) is 0 Å². The summed E-state index contributed by atoms with van der Waals surface area (Å²) in [5, 5.41) is 11.5. The second-order valence-corrected chi connectivity index (χ2v) is 5.07. The summed E-state index contributed by atoms with van der Waals surface area (Å²) in [6.45, 7) is 1.81. The molecule has 0 saturated carbocycles. The SMILES string of the molecule is CCCC(NC(=O)c1cnc2c(c1)c(=O)[nH]c(=O)n2C)C(=O)O. The van der Waals surface area contributed by atoms with Crippen LogP contribution in [0.25, 0.3) is 11.0 Å². The van der Waals surface area contributed by atoms with Gasteiger partial charge in [-0.25, -0.2) is 14.6 Å². The highest BCUT2D eigenvalue weighted by molar-refractivity contribution is 5.98. The third kappa shape index (κ3) is 3.28. The van der Waals surface area contributed by atoms with E-state index in [0.29, 0.717) is 6.42 Å². The third-order valence-corrected chi connectivity index (χ3v) is 3.40. The first kappa shape index (κ1) is 16.4. The molecule has 2 heterocycles. The van der Waals surface area contributed by atoms with Gasteiger partial charge in [-0.2, -0.15) is 0 Å². The minimum atomic E-state index is -1.13. The molecule has 3 N–H and O–H groups in total. The van der Waals surface area contributed by atoms with Crippen LogP contribution < -0.4 is 16.6 Å². The quantitative estimate of drug-likeness (QED) is 0.686. The van der Waals surface area contributed by atoms with Gasteiger partial charge in [0.2, 0.25) is 0 Å².